The summed E-state index contributed by atoms with van der Waals surface area (Å²) in [5.41, 5.74) is 1.57. The van der Waals surface area contributed by atoms with Crippen molar-refractivity contribution in [1.29, 1.82) is 0 Å². The molecule has 0 aliphatic heterocycles. The molecule has 0 aliphatic carbocycles. The molecular weight excluding hydrogens is 382 g/mol. The van der Waals surface area contributed by atoms with Crippen molar-refractivity contribution in [3.8, 4) is 0 Å². The van der Waals surface area contributed by atoms with Crippen molar-refractivity contribution in [1.82, 2.24) is 14.9 Å². The van der Waals surface area contributed by atoms with Crippen LogP contribution in [0, 0.1) is 4.77 Å². The Kier molecular flexibility index (Phi) is 6.08. The molecule has 1 atom stereocenters. The Morgan fingerprint density at radius 2 is 2.04 bits per heavy atom. The lowest BCUT2D eigenvalue weighted by molar-refractivity contribution is -0.121. The molecule has 0 radical (unpaired) electrons. The normalized spacial score (nSPS) is 12.1. The molecule has 0 aliphatic rings. The number of amides is 1. The molecular formula is C20H20ClN3O2S. The third-order valence-electron chi connectivity index (χ3n) is 4.29. The second kappa shape index (κ2) is 8.50. The van der Waals surface area contributed by atoms with Gasteiger partial charge in [0, 0.05) is 24.0 Å². The van der Waals surface area contributed by atoms with Gasteiger partial charge in [-0.05, 0) is 55.4 Å². The summed E-state index contributed by atoms with van der Waals surface area (Å²) in [5.74, 6) is -0.126. The van der Waals surface area contributed by atoms with Crippen molar-refractivity contribution >= 4 is 40.6 Å². The zero-order valence-corrected chi connectivity index (χ0v) is 16.4. The van der Waals surface area contributed by atoms with Crippen LogP contribution in [0.2, 0.25) is 5.02 Å². The molecule has 1 heterocycles. The molecule has 0 fully saturated rings. The molecule has 7 heteroatoms. The van der Waals surface area contributed by atoms with Crippen molar-refractivity contribution < 1.29 is 4.79 Å². The van der Waals surface area contributed by atoms with Crippen molar-refractivity contribution in [3.63, 3.8) is 0 Å². The zero-order chi connectivity index (χ0) is 19.4. The quantitative estimate of drug-likeness (QED) is 0.616. The smallest absolute Gasteiger partial charge is 0.262 e. The van der Waals surface area contributed by atoms with Gasteiger partial charge in [0.1, 0.15) is 0 Å². The van der Waals surface area contributed by atoms with Gasteiger partial charge in [0.2, 0.25) is 5.91 Å². The van der Waals surface area contributed by atoms with E-state index >= 15 is 0 Å². The number of para-hydroxylation sites is 1. The van der Waals surface area contributed by atoms with Crippen LogP contribution in [0.3, 0.4) is 0 Å². The molecule has 3 rings (SSSR count). The molecule has 140 valence electrons. The Morgan fingerprint density at radius 3 is 2.81 bits per heavy atom. The molecule has 1 aromatic heterocycles. The number of hydrogen-bond acceptors (Lipinski definition) is 3. The molecule has 5 nitrogen and oxygen atoms in total. The predicted molar refractivity (Wildman–Crippen MR) is 111 cm³/mol. The van der Waals surface area contributed by atoms with E-state index in [-0.39, 0.29) is 30.5 Å². The van der Waals surface area contributed by atoms with Gasteiger partial charge in [-0.15, -0.1) is 0 Å². The maximum Gasteiger partial charge on any atom is 0.262 e. The molecule has 2 N–H and O–H groups in total. The average molecular weight is 402 g/mol. The van der Waals surface area contributed by atoms with E-state index in [1.807, 2.05) is 37.3 Å². The van der Waals surface area contributed by atoms with Gasteiger partial charge in [-0.3, -0.25) is 14.2 Å². The largest absolute Gasteiger partial charge is 0.353 e. The van der Waals surface area contributed by atoms with Gasteiger partial charge in [0.25, 0.3) is 5.56 Å². The summed E-state index contributed by atoms with van der Waals surface area (Å²) in [7, 11) is 0. The topological polar surface area (TPSA) is 66.9 Å². The highest BCUT2D eigenvalue weighted by atomic mass is 35.5. The molecule has 0 saturated carbocycles. The Morgan fingerprint density at radius 1 is 1.26 bits per heavy atom. The molecule has 2 aromatic carbocycles. The second-order valence-electron chi connectivity index (χ2n) is 6.49. The molecule has 27 heavy (non-hydrogen) atoms. The highest BCUT2D eigenvalue weighted by Crippen LogP contribution is 2.12. The van der Waals surface area contributed by atoms with Crippen LogP contribution >= 0.6 is 23.8 Å². The van der Waals surface area contributed by atoms with E-state index in [0.29, 0.717) is 27.1 Å². The third kappa shape index (κ3) is 4.84. The fraction of sp³-hybridized carbons (Fsp3) is 0.250. The zero-order valence-electron chi connectivity index (χ0n) is 14.9. The number of carbonyl (C=O) groups is 1. The van der Waals surface area contributed by atoms with E-state index in [1.165, 1.54) is 4.57 Å². The number of hydrogen-bond donors (Lipinski definition) is 2. The number of aromatic amines is 1. The van der Waals surface area contributed by atoms with Crippen molar-refractivity contribution in [2.75, 3.05) is 0 Å². The van der Waals surface area contributed by atoms with Crippen LogP contribution in [0.25, 0.3) is 10.9 Å². The Hall–Kier alpha value is -2.44. The van der Waals surface area contributed by atoms with E-state index < -0.39 is 0 Å². The minimum absolute atomic E-state index is 0.0428. The number of H-pyrrole nitrogens is 1. The number of benzene rings is 2. The Balaban J connectivity index is 1.63. The molecule has 1 amide bonds. The summed E-state index contributed by atoms with van der Waals surface area (Å²) >= 11 is 11.3. The summed E-state index contributed by atoms with van der Waals surface area (Å²) in [5, 5.41) is 4.19. The van der Waals surface area contributed by atoms with Crippen LogP contribution in [0.4, 0.5) is 0 Å². The van der Waals surface area contributed by atoms with Gasteiger partial charge in [-0.25, -0.2) is 0 Å². The van der Waals surface area contributed by atoms with Gasteiger partial charge in [-0.1, -0.05) is 35.9 Å². The maximum atomic E-state index is 12.6. The number of nitrogens with one attached hydrogen (secondary N) is 2. The lowest BCUT2D eigenvalue weighted by atomic mass is 10.1. The van der Waals surface area contributed by atoms with Crippen molar-refractivity contribution in [2.45, 2.75) is 32.4 Å². The van der Waals surface area contributed by atoms with E-state index in [4.69, 9.17) is 23.8 Å². The first-order valence-corrected chi connectivity index (χ1v) is 9.48. The maximum absolute atomic E-state index is 12.6. The van der Waals surface area contributed by atoms with Crippen molar-refractivity contribution in [2.24, 2.45) is 0 Å². The monoisotopic (exact) mass is 401 g/mol. The lowest BCUT2D eigenvalue weighted by Crippen LogP contribution is -2.35. The van der Waals surface area contributed by atoms with Gasteiger partial charge in [0.15, 0.2) is 4.77 Å². The van der Waals surface area contributed by atoms with E-state index in [2.05, 4.69) is 10.3 Å². The Bertz CT molecular complexity index is 1090. The van der Waals surface area contributed by atoms with Crippen LogP contribution in [0.15, 0.2) is 53.3 Å². The SMILES string of the molecule is C[C@H](Cc1cccc(Cl)c1)NC(=O)CCn1c(=S)[nH]c2ccccc2c1=O. The summed E-state index contributed by atoms with van der Waals surface area (Å²) in [4.78, 5) is 27.9. The number of aromatic nitrogens is 2. The number of nitrogens with zero attached hydrogens (tertiary/aromatic N) is 1. The standard InChI is InChI=1S/C20H20ClN3O2S/c1-13(11-14-5-4-6-15(21)12-14)22-18(25)9-10-24-19(26)16-7-2-3-8-17(16)23-20(24)27/h2-8,12-13H,9-11H2,1H3,(H,22,25)(H,23,27)/t13-/m1/s1. The molecule has 0 spiro atoms. The number of fused-ring (bicyclic) bond motifs is 1. The van der Waals surface area contributed by atoms with Gasteiger partial charge in [-0.2, -0.15) is 0 Å². The number of rotatable bonds is 6. The first kappa shape index (κ1) is 19.3. The van der Waals surface area contributed by atoms with Crippen LogP contribution in [0.1, 0.15) is 18.9 Å². The van der Waals surface area contributed by atoms with E-state index in [9.17, 15) is 9.59 Å². The summed E-state index contributed by atoms with van der Waals surface area (Å²) in [6, 6.07) is 14.7. The van der Waals surface area contributed by atoms with Crippen molar-refractivity contribution in [3.05, 3.63) is 74.2 Å². The molecule has 3 aromatic rings. The summed E-state index contributed by atoms with van der Waals surface area (Å²) in [6.07, 6.45) is 0.859. The second-order valence-corrected chi connectivity index (χ2v) is 7.31. The molecule has 0 unspecified atom stereocenters. The van der Waals surface area contributed by atoms with Crippen LogP contribution in [-0.2, 0) is 17.8 Å². The van der Waals surface area contributed by atoms with Gasteiger partial charge < -0.3 is 10.3 Å². The van der Waals surface area contributed by atoms with Gasteiger partial charge in [0.05, 0.1) is 10.9 Å². The lowest BCUT2D eigenvalue weighted by Gasteiger charge is -2.15. The van der Waals surface area contributed by atoms with Crippen LogP contribution in [-0.4, -0.2) is 21.5 Å². The minimum atomic E-state index is -0.186. The number of carbonyl (C=O) groups excluding carboxylic acids is 1. The van der Waals surface area contributed by atoms with Gasteiger partial charge >= 0.3 is 0 Å². The van der Waals surface area contributed by atoms with Crippen LogP contribution < -0.4 is 10.9 Å². The predicted octanol–water partition coefficient (Wildman–Crippen LogP) is 3.85. The van der Waals surface area contributed by atoms with Crippen LogP contribution in [0.5, 0.6) is 0 Å². The fourth-order valence-electron chi connectivity index (χ4n) is 3.03. The number of halogens is 1. The summed E-state index contributed by atoms with van der Waals surface area (Å²) < 4.78 is 1.75. The molecule has 0 bridgehead atoms. The third-order valence-corrected chi connectivity index (χ3v) is 4.85. The highest BCUT2D eigenvalue weighted by Gasteiger charge is 2.11. The fourth-order valence-corrected chi connectivity index (χ4v) is 3.53. The first-order chi connectivity index (χ1) is 12.9. The Labute approximate surface area is 167 Å². The minimum Gasteiger partial charge on any atom is -0.353 e. The first-order valence-electron chi connectivity index (χ1n) is 8.69. The van der Waals surface area contributed by atoms with E-state index in [0.717, 1.165) is 5.56 Å². The van der Waals surface area contributed by atoms with E-state index in [1.54, 1.807) is 18.2 Å². The highest BCUT2D eigenvalue weighted by molar-refractivity contribution is 7.71. The summed E-state index contributed by atoms with van der Waals surface area (Å²) in [6.45, 7) is 2.17. The average Bonchev–Trinajstić information content (AvgIpc) is 2.61. The molecule has 0 saturated heterocycles.